The molecule has 2 atom stereocenters. The van der Waals surface area contributed by atoms with Crippen molar-refractivity contribution in [3.8, 4) is 5.75 Å². The molecule has 1 aliphatic rings. The summed E-state index contributed by atoms with van der Waals surface area (Å²) in [6.45, 7) is 1.75. The summed E-state index contributed by atoms with van der Waals surface area (Å²) in [4.78, 5) is 11.6. The molecule has 98 valence electrons. The Hall–Kier alpha value is -1.58. The molecular formula is C14H17FO3. The van der Waals surface area contributed by atoms with Crippen molar-refractivity contribution in [3.05, 3.63) is 29.6 Å². The van der Waals surface area contributed by atoms with Crippen molar-refractivity contribution in [2.24, 2.45) is 11.8 Å². The number of halogens is 1. The van der Waals surface area contributed by atoms with Crippen LogP contribution in [0.1, 0.15) is 31.2 Å². The molecule has 0 aromatic heterocycles. The monoisotopic (exact) mass is 252 g/mol. The first-order valence-corrected chi connectivity index (χ1v) is 6.11. The van der Waals surface area contributed by atoms with E-state index in [0.29, 0.717) is 11.5 Å². The molecular weight excluding hydrogens is 235 g/mol. The summed E-state index contributed by atoms with van der Waals surface area (Å²) < 4.78 is 18.7. The van der Waals surface area contributed by atoms with Crippen LogP contribution in [0.25, 0.3) is 0 Å². The SMILES string of the molecule is COC(=O)[C@@H](C)C(c1cccc(O)c1F)C1CC1. The third kappa shape index (κ3) is 2.33. The van der Waals surface area contributed by atoms with Gasteiger partial charge in [-0.2, -0.15) is 0 Å². The van der Waals surface area contributed by atoms with Gasteiger partial charge in [-0.1, -0.05) is 19.1 Å². The predicted molar refractivity (Wildman–Crippen MR) is 64.7 cm³/mol. The number of aromatic hydroxyl groups is 1. The van der Waals surface area contributed by atoms with Crippen LogP contribution in [0, 0.1) is 17.7 Å². The molecule has 0 aliphatic heterocycles. The number of carbonyl (C=O) groups excluding carboxylic acids is 1. The van der Waals surface area contributed by atoms with E-state index in [1.807, 2.05) is 0 Å². The highest BCUT2D eigenvalue weighted by atomic mass is 19.1. The summed E-state index contributed by atoms with van der Waals surface area (Å²) in [6, 6.07) is 4.55. The Morgan fingerprint density at radius 2 is 2.17 bits per heavy atom. The zero-order valence-electron chi connectivity index (χ0n) is 10.5. The van der Waals surface area contributed by atoms with Crippen LogP contribution in [0.15, 0.2) is 18.2 Å². The van der Waals surface area contributed by atoms with Gasteiger partial charge in [0.15, 0.2) is 11.6 Å². The number of esters is 1. The van der Waals surface area contributed by atoms with Crippen molar-refractivity contribution in [1.29, 1.82) is 0 Å². The van der Waals surface area contributed by atoms with Crippen LogP contribution in [-0.4, -0.2) is 18.2 Å². The predicted octanol–water partition coefficient (Wildman–Crippen LogP) is 2.83. The van der Waals surface area contributed by atoms with Gasteiger partial charge in [0.1, 0.15) is 0 Å². The van der Waals surface area contributed by atoms with Crippen LogP contribution in [0.3, 0.4) is 0 Å². The normalized spacial score (nSPS) is 18.2. The van der Waals surface area contributed by atoms with Crippen molar-refractivity contribution < 1.29 is 19.0 Å². The summed E-state index contributed by atoms with van der Waals surface area (Å²) in [6.07, 6.45) is 1.97. The van der Waals surface area contributed by atoms with Gasteiger partial charge in [-0.3, -0.25) is 4.79 Å². The lowest BCUT2D eigenvalue weighted by Crippen LogP contribution is -2.23. The van der Waals surface area contributed by atoms with Gasteiger partial charge >= 0.3 is 5.97 Å². The first-order valence-electron chi connectivity index (χ1n) is 6.11. The van der Waals surface area contributed by atoms with Gasteiger partial charge in [0.05, 0.1) is 13.0 Å². The molecule has 1 unspecified atom stereocenters. The molecule has 3 nitrogen and oxygen atoms in total. The lowest BCUT2D eigenvalue weighted by Gasteiger charge is -2.23. The maximum atomic E-state index is 14.0. The van der Waals surface area contributed by atoms with E-state index in [4.69, 9.17) is 4.74 Å². The maximum Gasteiger partial charge on any atom is 0.309 e. The fraction of sp³-hybridized carbons (Fsp3) is 0.500. The number of phenolic OH excluding ortho intramolecular Hbond substituents is 1. The molecule has 0 amide bonds. The molecule has 4 heteroatoms. The second-order valence-corrected chi connectivity index (χ2v) is 4.86. The highest BCUT2D eigenvalue weighted by Crippen LogP contribution is 2.48. The molecule has 0 bridgehead atoms. The largest absolute Gasteiger partial charge is 0.505 e. The number of hydrogen-bond acceptors (Lipinski definition) is 3. The van der Waals surface area contributed by atoms with E-state index in [0.717, 1.165) is 12.8 Å². The molecule has 1 fully saturated rings. The summed E-state index contributed by atoms with van der Waals surface area (Å²) in [5.41, 5.74) is 0.412. The van der Waals surface area contributed by atoms with Gasteiger partial charge in [0, 0.05) is 5.92 Å². The van der Waals surface area contributed by atoms with Crippen LogP contribution in [0.5, 0.6) is 5.75 Å². The Balaban J connectivity index is 2.35. The fourth-order valence-electron chi connectivity index (χ4n) is 2.51. The zero-order valence-corrected chi connectivity index (χ0v) is 10.5. The Morgan fingerprint density at radius 1 is 1.50 bits per heavy atom. The molecule has 1 aromatic rings. The molecule has 0 saturated heterocycles. The quantitative estimate of drug-likeness (QED) is 0.838. The number of benzene rings is 1. The Morgan fingerprint density at radius 3 is 2.72 bits per heavy atom. The average molecular weight is 252 g/mol. The number of carbonyl (C=O) groups is 1. The first-order chi connectivity index (χ1) is 8.56. The van der Waals surface area contributed by atoms with E-state index in [2.05, 4.69) is 0 Å². The zero-order chi connectivity index (χ0) is 13.3. The van der Waals surface area contributed by atoms with Crippen LogP contribution in [0.4, 0.5) is 4.39 Å². The molecule has 1 saturated carbocycles. The van der Waals surface area contributed by atoms with E-state index >= 15 is 0 Å². The molecule has 0 radical (unpaired) electrons. The van der Waals surface area contributed by atoms with E-state index < -0.39 is 11.7 Å². The van der Waals surface area contributed by atoms with Crippen molar-refractivity contribution >= 4 is 5.97 Å². The summed E-state index contributed by atoms with van der Waals surface area (Å²) in [7, 11) is 1.33. The smallest absolute Gasteiger partial charge is 0.309 e. The lowest BCUT2D eigenvalue weighted by atomic mass is 9.83. The third-order valence-corrected chi connectivity index (χ3v) is 3.61. The van der Waals surface area contributed by atoms with Gasteiger partial charge in [0.25, 0.3) is 0 Å². The topological polar surface area (TPSA) is 46.5 Å². The molecule has 18 heavy (non-hydrogen) atoms. The molecule has 1 aromatic carbocycles. The third-order valence-electron chi connectivity index (χ3n) is 3.61. The maximum absolute atomic E-state index is 14.0. The van der Waals surface area contributed by atoms with Crippen molar-refractivity contribution in [3.63, 3.8) is 0 Å². The molecule has 0 heterocycles. The summed E-state index contributed by atoms with van der Waals surface area (Å²) >= 11 is 0. The van der Waals surface area contributed by atoms with Crippen molar-refractivity contribution in [1.82, 2.24) is 0 Å². The van der Waals surface area contributed by atoms with Gasteiger partial charge < -0.3 is 9.84 Å². The van der Waals surface area contributed by atoms with Crippen LogP contribution in [-0.2, 0) is 9.53 Å². The van der Waals surface area contributed by atoms with Crippen molar-refractivity contribution in [2.45, 2.75) is 25.7 Å². The van der Waals surface area contributed by atoms with Gasteiger partial charge in [0.2, 0.25) is 0 Å². The second kappa shape index (κ2) is 4.96. The van der Waals surface area contributed by atoms with E-state index in [1.54, 1.807) is 19.1 Å². The Kier molecular flexibility index (Phi) is 3.55. The minimum atomic E-state index is -0.620. The van der Waals surface area contributed by atoms with Crippen LogP contribution in [0.2, 0.25) is 0 Å². The van der Waals surface area contributed by atoms with Gasteiger partial charge in [-0.25, -0.2) is 4.39 Å². The number of ether oxygens (including phenoxy) is 1. The number of methoxy groups -OCH3 is 1. The Bertz CT molecular complexity index is 454. The fourth-order valence-corrected chi connectivity index (χ4v) is 2.51. The number of hydrogen-bond donors (Lipinski definition) is 1. The van der Waals surface area contributed by atoms with Crippen molar-refractivity contribution in [2.75, 3.05) is 7.11 Å². The lowest BCUT2D eigenvalue weighted by molar-refractivity contribution is -0.145. The summed E-state index contributed by atoms with van der Waals surface area (Å²) in [5.74, 6) is -1.64. The summed E-state index contributed by atoms with van der Waals surface area (Å²) in [5, 5.41) is 9.44. The standard InChI is InChI=1S/C14H17FO3/c1-8(14(17)18-2)12(9-6-7-9)10-4-3-5-11(16)13(10)15/h3-5,8-9,12,16H,6-7H2,1-2H3/t8-,12?/m0/s1. The minimum Gasteiger partial charge on any atom is -0.505 e. The van der Waals surface area contributed by atoms with E-state index in [1.165, 1.54) is 13.2 Å². The molecule has 0 spiro atoms. The second-order valence-electron chi connectivity index (χ2n) is 4.86. The Labute approximate surface area is 106 Å². The number of rotatable bonds is 4. The highest BCUT2D eigenvalue weighted by molar-refractivity contribution is 5.73. The highest BCUT2D eigenvalue weighted by Gasteiger charge is 2.40. The minimum absolute atomic E-state index is 0.218. The van der Waals surface area contributed by atoms with E-state index in [9.17, 15) is 14.3 Å². The van der Waals surface area contributed by atoms with Gasteiger partial charge in [-0.05, 0) is 30.4 Å². The van der Waals surface area contributed by atoms with Gasteiger partial charge in [-0.15, -0.1) is 0 Å². The number of phenols is 1. The molecule has 2 rings (SSSR count). The van der Waals surface area contributed by atoms with E-state index in [-0.39, 0.29) is 17.6 Å². The molecule has 1 N–H and O–H groups in total. The molecule has 1 aliphatic carbocycles. The van der Waals surface area contributed by atoms with Crippen LogP contribution >= 0.6 is 0 Å². The first kappa shape index (κ1) is 12.9. The average Bonchev–Trinajstić information content (AvgIpc) is 3.18. The van der Waals surface area contributed by atoms with Crippen LogP contribution < -0.4 is 0 Å².